The third-order valence-corrected chi connectivity index (χ3v) is 6.11. The number of carbonyl (C=O) groups is 3. The van der Waals surface area contributed by atoms with Crippen molar-refractivity contribution in [2.24, 2.45) is 0 Å². The van der Waals surface area contributed by atoms with Gasteiger partial charge in [-0.15, -0.1) is 0 Å². The van der Waals surface area contributed by atoms with Gasteiger partial charge in [-0.1, -0.05) is 110 Å². The number of hydrogen-bond donors (Lipinski definition) is 2. The molecule has 1 unspecified atom stereocenters. The molecule has 0 aliphatic rings. The lowest BCUT2D eigenvalue weighted by Gasteiger charge is -2.15. The van der Waals surface area contributed by atoms with Gasteiger partial charge in [0.2, 0.25) is 5.91 Å². The first-order chi connectivity index (χ1) is 16.9. The first kappa shape index (κ1) is 33.4. The van der Waals surface area contributed by atoms with Crippen LogP contribution in [-0.4, -0.2) is 48.3 Å². The van der Waals surface area contributed by atoms with Gasteiger partial charge in [-0.25, -0.2) is 4.79 Å². The maximum atomic E-state index is 11.8. The molecule has 7 nitrogen and oxygen atoms in total. The number of carbonyl (C=O) groups excluding carboxylic acids is 3. The average Bonchev–Trinajstić information content (AvgIpc) is 2.82. The summed E-state index contributed by atoms with van der Waals surface area (Å²) in [7, 11) is 0. The molecule has 0 spiro atoms. The fourth-order valence-corrected chi connectivity index (χ4v) is 3.97. The molecule has 0 aromatic carbocycles. The number of unbranched alkanes of at least 4 members (excludes halogenated alkanes) is 16. The summed E-state index contributed by atoms with van der Waals surface area (Å²) in [6, 6.07) is -0.790. The number of esters is 2. The number of rotatable bonds is 24. The van der Waals surface area contributed by atoms with Gasteiger partial charge in [-0.3, -0.25) is 9.59 Å². The fourth-order valence-electron chi connectivity index (χ4n) is 3.97. The minimum Gasteiger partial charge on any atom is -0.463 e. The summed E-state index contributed by atoms with van der Waals surface area (Å²) in [6.07, 6.45) is 21.2. The maximum absolute atomic E-state index is 11.8. The highest BCUT2D eigenvalue weighted by molar-refractivity contribution is 5.82. The molecular weight excluding hydrogens is 446 g/mol. The second-order valence-corrected chi connectivity index (χ2v) is 9.80. The molecule has 0 saturated carbocycles. The lowest BCUT2D eigenvalue weighted by molar-refractivity contribution is -0.154. The molecule has 0 saturated heterocycles. The number of aliphatic hydroxyl groups excluding tert-OH is 1. The summed E-state index contributed by atoms with van der Waals surface area (Å²) in [5, 5.41) is 12.2. The van der Waals surface area contributed by atoms with Gasteiger partial charge >= 0.3 is 11.9 Å². The number of nitrogens with one attached hydrogen (secondary N) is 1. The van der Waals surface area contributed by atoms with Crippen molar-refractivity contribution in [1.82, 2.24) is 5.32 Å². The second kappa shape index (κ2) is 24.1. The highest BCUT2D eigenvalue weighted by Gasteiger charge is 2.17. The van der Waals surface area contributed by atoms with Crippen molar-refractivity contribution in [1.29, 1.82) is 0 Å². The Balaban J connectivity index is 3.41. The topological polar surface area (TPSA) is 102 Å². The van der Waals surface area contributed by atoms with E-state index < -0.39 is 18.1 Å². The fraction of sp³-hybridized carbons (Fsp3) is 0.893. The maximum Gasteiger partial charge on any atom is 0.328 e. The molecule has 35 heavy (non-hydrogen) atoms. The van der Waals surface area contributed by atoms with Crippen LogP contribution in [0.5, 0.6) is 0 Å². The quantitative estimate of drug-likeness (QED) is 0.125. The summed E-state index contributed by atoms with van der Waals surface area (Å²) in [5.74, 6) is -1.33. The zero-order chi connectivity index (χ0) is 26.2. The van der Waals surface area contributed by atoms with Crippen molar-refractivity contribution in [3.63, 3.8) is 0 Å². The van der Waals surface area contributed by atoms with Crippen LogP contribution in [0.3, 0.4) is 0 Å². The number of aliphatic hydroxyl groups is 1. The van der Waals surface area contributed by atoms with Crippen LogP contribution in [-0.2, 0) is 23.9 Å². The van der Waals surface area contributed by atoms with Gasteiger partial charge in [-0.05, 0) is 13.3 Å². The van der Waals surface area contributed by atoms with E-state index in [9.17, 15) is 19.5 Å². The van der Waals surface area contributed by atoms with Gasteiger partial charge in [0.1, 0.15) is 25.4 Å². The highest BCUT2D eigenvalue weighted by Crippen LogP contribution is 2.14. The molecule has 0 aliphatic carbocycles. The molecule has 2 atom stereocenters. The van der Waals surface area contributed by atoms with Gasteiger partial charge in [0.15, 0.2) is 0 Å². The van der Waals surface area contributed by atoms with Crippen LogP contribution in [0, 0.1) is 0 Å². The van der Waals surface area contributed by atoms with Crippen molar-refractivity contribution in [3.8, 4) is 0 Å². The minimum atomic E-state index is -1.08. The second-order valence-electron chi connectivity index (χ2n) is 9.80. The van der Waals surface area contributed by atoms with Gasteiger partial charge < -0.3 is 19.9 Å². The standard InChI is InChI=1S/C28H53NO6/c1-4-5-6-7-8-9-10-11-12-13-14-15-16-17-18-19-20-21-27(32)34-22-26(31)23-35-28(33)24(2)29-25(3)30/h24,26,31H,4-23H2,1-3H3,(H,29,30)/t24-,26?/m1/s1. The molecule has 0 fully saturated rings. The predicted octanol–water partition coefficient (Wildman–Crippen LogP) is 6.00. The summed E-state index contributed by atoms with van der Waals surface area (Å²) in [5.41, 5.74) is 0. The summed E-state index contributed by atoms with van der Waals surface area (Å²) >= 11 is 0. The van der Waals surface area contributed by atoms with E-state index in [1.807, 2.05) is 0 Å². The van der Waals surface area contributed by atoms with Gasteiger partial charge in [0.25, 0.3) is 0 Å². The predicted molar refractivity (Wildman–Crippen MR) is 140 cm³/mol. The molecule has 0 bridgehead atoms. The highest BCUT2D eigenvalue weighted by atomic mass is 16.6. The van der Waals surface area contributed by atoms with Crippen LogP contribution < -0.4 is 5.32 Å². The smallest absolute Gasteiger partial charge is 0.328 e. The van der Waals surface area contributed by atoms with Crippen LogP contribution >= 0.6 is 0 Å². The lowest BCUT2D eigenvalue weighted by atomic mass is 10.0. The molecule has 0 heterocycles. The summed E-state index contributed by atoms with van der Waals surface area (Å²) in [6.45, 7) is 4.57. The monoisotopic (exact) mass is 499 g/mol. The Morgan fingerprint density at radius 3 is 1.51 bits per heavy atom. The van der Waals surface area contributed by atoms with Gasteiger partial charge in [0, 0.05) is 13.3 Å². The van der Waals surface area contributed by atoms with Crippen LogP contribution in [0.1, 0.15) is 136 Å². The van der Waals surface area contributed by atoms with Gasteiger partial charge in [0.05, 0.1) is 0 Å². The molecule has 0 aromatic rings. The molecule has 0 aliphatic heterocycles. The molecule has 0 radical (unpaired) electrons. The van der Waals surface area contributed by atoms with E-state index in [0.29, 0.717) is 6.42 Å². The van der Waals surface area contributed by atoms with Crippen LogP contribution in [0.4, 0.5) is 0 Å². The van der Waals surface area contributed by atoms with E-state index in [1.165, 1.54) is 104 Å². The van der Waals surface area contributed by atoms with E-state index in [1.54, 1.807) is 0 Å². The Morgan fingerprint density at radius 1 is 0.686 bits per heavy atom. The zero-order valence-electron chi connectivity index (χ0n) is 22.8. The third kappa shape index (κ3) is 23.9. The Bertz CT molecular complexity index is 540. The Kier molecular flexibility index (Phi) is 23.0. The largest absolute Gasteiger partial charge is 0.463 e. The number of hydrogen-bond acceptors (Lipinski definition) is 6. The lowest BCUT2D eigenvalue weighted by Crippen LogP contribution is -2.39. The summed E-state index contributed by atoms with van der Waals surface area (Å²) < 4.78 is 9.94. The van der Waals surface area contributed by atoms with Crippen molar-refractivity contribution in [2.75, 3.05) is 13.2 Å². The molecule has 0 rings (SSSR count). The molecule has 0 aromatic heterocycles. The number of amides is 1. The van der Waals surface area contributed by atoms with E-state index in [4.69, 9.17) is 9.47 Å². The van der Waals surface area contributed by atoms with Crippen LogP contribution in [0.2, 0.25) is 0 Å². The molecular formula is C28H53NO6. The van der Waals surface area contributed by atoms with Gasteiger partial charge in [-0.2, -0.15) is 0 Å². The molecule has 206 valence electrons. The Hall–Kier alpha value is -1.63. The normalized spacial score (nSPS) is 12.7. The Morgan fingerprint density at radius 2 is 1.09 bits per heavy atom. The zero-order valence-corrected chi connectivity index (χ0v) is 22.8. The molecule has 1 amide bonds. The van der Waals surface area contributed by atoms with E-state index in [-0.39, 0.29) is 25.1 Å². The minimum absolute atomic E-state index is 0.209. The van der Waals surface area contributed by atoms with E-state index in [2.05, 4.69) is 12.2 Å². The SMILES string of the molecule is CCCCCCCCCCCCCCCCCCCC(=O)OCC(O)COC(=O)[C@@H](C)NC(C)=O. The average molecular weight is 500 g/mol. The number of ether oxygens (including phenoxy) is 2. The van der Waals surface area contributed by atoms with Crippen molar-refractivity contribution < 1.29 is 29.0 Å². The first-order valence-corrected chi connectivity index (χ1v) is 14.1. The summed E-state index contributed by atoms with van der Waals surface area (Å²) in [4.78, 5) is 34.3. The van der Waals surface area contributed by atoms with Crippen molar-refractivity contribution in [2.45, 2.75) is 148 Å². The molecule has 7 heteroatoms. The van der Waals surface area contributed by atoms with Crippen molar-refractivity contribution in [3.05, 3.63) is 0 Å². The Labute approximate surface area is 214 Å². The van der Waals surface area contributed by atoms with Crippen LogP contribution in [0.15, 0.2) is 0 Å². The van der Waals surface area contributed by atoms with Crippen LogP contribution in [0.25, 0.3) is 0 Å². The van der Waals surface area contributed by atoms with E-state index in [0.717, 1.165) is 19.3 Å². The van der Waals surface area contributed by atoms with E-state index >= 15 is 0 Å². The first-order valence-electron chi connectivity index (χ1n) is 14.1. The van der Waals surface area contributed by atoms with Crippen molar-refractivity contribution >= 4 is 17.8 Å². The third-order valence-electron chi connectivity index (χ3n) is 6.11. The molecule has 2 N–H and O–H groups in total.